The molecule has 0 saturated heterocycles. The molecule has 1 aromatic heterocycles. The molecule has 0 fully saturated rings. The van der Waals surface area contributed by atoms with E-state index in [4.69, 9.17) is 28.2 Å². The van der Waals surface area contributed by atoms with Gasteiger partial charge < -0.3 is 9.73 Å². The van der Waals surface area contributed by atoms with Gasteiger partial charge in [0.25, 0.3) is 0 Å². The lowest BCUT2D eigenvalue weighted by Gasteiger charge is -2.08. The number of aryl methyl sites for hydroxylation is 2. The monoisotopic (exact) mass is 424 g/mol. The summed E-state index contributed by atoms with van der Waals surface area (Å²) in [5.74, 6) is 0.893. The number of amides is 1. The number of furan rings is 1. The first-order valence-electron chi connectivity index (χ1n) is 9.20. The standard InChI is InChI=1S/C23H21ClN2O2S/c1-3-16-5-8-18(9-6-16)25-23(29)26-22(27)13-11-19-10-12-21(28-19)17-7-4-15(2)20(24)14-17/h4-14H,3H2,1-2H3,(H2,25,26,27,29)/b13-11+. The molecular weight excluding hydrogens is 404 g/mol. The van der Waals surface area contributed by atoms with Crippen LogP contribution in [0.25, 0.3) is 17.4 Å². The fourth-order valence-corrected chi connectivity index (χ4v) is 3.04. The summed E-state index contributed by atoms with van der Waals surface area (Å²) in [6.45, 7) is 4.04. The van der Waals surface area contributed by atoms with Crippen molar-refractivity contribution < 1.29 is 9.21 Å². The number of rotatable bonds is 5. The molecule has 0 spiro atoms. The maximum atomic E-state index is 12.1. The van der Waals surface area contributed by atoms with E-state index < -0.39 is 0 Å². The third-order valence-electron chi connectivity index (χ3n) is 4.34. The molecule has 0 bridgehead atoms. The molecule has 0 aliphatic carbocycles. The van der Waals surface area contributed by atoms with E-state index in [1.165, 1.54) is 11.6 Å². The highest BCUT2D eigenvalue weighted by Gasteiger charge is 2.06. The Kier molecular flexibility index (Phi) is 6.86. The fourth-order valence-electron chi connectivity index (χ4n) is 2.64. The van der Waals surface area contributed by atoms with E-state index in [9.17, 15) is 4.79 Å². The van der Waals surface area contributed by atoms with Gasteiger partial charge in [-0.25, -0.2) is 0 Å². The molecule has 6 heteroatoms. The Morgan fingerprint density at radius 1 is 1.14 bits per heavy atom. The molecule has 0 aliphatic rings. The van der Waals surface area contributed by atoms with E-state index in [0.29, 0.717) is 16.5 Å². The van der Waals surface area contributed by atoms with E-state index in [1.807, 2.05) is 55.5 Å². The molecule has 0 unspecified atom stereocenters. The van der Waals surface area contributed by atoms with Crippen molar-refractivity contribution in [2.45, 2.75) is 20.3 Å². The molecule has 2 N–H and O–H groups in total. The Morgan fingerprint density at radius 3 is 2.59 bits per heavy atom. The Hall–Kier alpha value is -2.89. The number of carbonyl (C=O) groups excluding carboxylic acids is 1. The summed E-state index contributed by atoms with van der Waals surface area (Å²) in [7, 11) is 0. The molecular formula is C23H21ClN2O2S. The van der Waals surface area contributed by atoms with Crippen molar-refractivity contribution in [2.75, 3.05) is 5.32 Å². The van der Waals surface area contributed by atoms with Gasteiger partial charge in [0.05, 0.1) is 0 Å². The minimum Gasteiger partial charge on any atom is -0.457 e. The molecule has 1 amide bonds. The number of carbonyl (C=O) groups is 1. The lowest BCUT2D eigenvalue weighted by atomic mass is 10.1. The number of halogens is 1. The predicted molar refractivity (Wildman–Crippen MR) is 123 cm³/mol. The molecule has 0 saturated carbocycles. The van der Waals surface area contributed by atoms with Gasteiger partial charge in [-0.05, 0) is 73.1 Å². The second kappa shape index (κ2) is 9.54. The van der Waals surface area contributed by atoms with Crippen molar-refractivity contribution in [1.29, 1.82) is 0 Å². The Bertz CT molecular complexity index is 1050. The molecule has 148 valence electrons. The minimum absolute atomic E-state index is 0.235. The number of anilines is 1. The molecule has 1 heterocycles. The van der Waals surface area contributed by atoms with Crippen molar-refractivity contribution in [1.82, 2.24) is 5.32 Å². The van der Waals surface area contributed by atoms with Gasteiger partial charge in [0.15, 0.2) is 5.11 Å². The highest BCUT2D eigenvalue weighted by Crippen LogP contribution is 2.27. The molecule has 3 aromatic rings. The molecule has 0 atom stereocenters. The molecule has 0 radical (unpaired) electrons. The average molecular weight is 425 g/mol. The number of hydrogen-bond acceptors (Lipinski definition) is 3. The number of thiocarbonyl (C=S) groups is 1. The zero-order chi connectivity index (χ0) is 20.8. The van der Waals surface area contributed by atoms with Gasteiger partial charge in [0.2, 0.25) is 5.91 Å². The van der Waals surface area contributed by atoms with Crippen molar-refractivity contribution in [3.8, 4) is 11.3 Å². The van der Waals surface area contributed by atoms with Gasteiger partial charge in [-0.2, -0.15) is 0 Å². The molecule has 0 aliphatic heterocycles. The summed E-state index contributed by atoms with van der Waals surface area (Å²) in [6, 6.07) is 17.2. The summed E-state index contributed by atoms with van der Waals surface area (Å²) < 4.78 is 5.76. The van der Waals surface area contributed by atoms with Crippen LogP contribution in [0.1, 0.15) is 23.8 Å². The van der Waals surface area contributed by atoms with Crippen LogP contribution in [0, 0.1) is 6.92 Å². The number of benzene rings is 2. The maximum Gasteiger partial charge on any atom is 0.250 e. The molecule has 29 heavy (non-hydrogen) atoms. The van der Waals surface area contributed by atoms with Gasteiger partial charge in [-0.3, -0.25) is 10.1 Å². The summed E-state index contributed by atoms with van der Waals surface area (Å²) in [5, 5.41) is 6.52. The normalized spacial score (nSPS) is 10.9. The predicted octanol–water partition coefficient (Wildman–Crippen LogP) is 6.00. The van der Waals surface area contributed by atoms with E-state index >= 15 is 0 Å². The Labute approximate surface area is 180 Å². The van der Waals surface area contributed by atoms with Gasteiger partial charge >= 0.3 is 0 Å². The van der Waals surface area contributed by atoms with Crippen LogP contribution >= 0.6 is 23.8 Å². The Balaban J connectivity index is 1.56. The van der Waals surface area contributed by atoms with Gasteiger partial charge in [-0.15, -0.1) is 0 Å². The van der Waals surface area contributed by atoms with Gasteiger partial charge in [0.1, 0.15) is 11.5 Å². The van der Waals surface area contributed by atoms with Crippen molar-refractivity contribution in [2.24, 2.45) is 0 Å². The third-order valence-corrected chi connectivity index (χ3v) is 4.95. The van der Waals surface area contributed by atoms with Crippen LogP contribution in [0.5, 0.6) is 0 Å². The lowest BCUT2D eigenvalue weighted by molar-refractivity contribution is -0.115. The first kappa shape index (κ1) is 20.8. The highest BCUT2D eigenvalue weighted by atomic mass is 35.5. The van der Waals surface area contributed by atoms with Crippen LogP contribution in [-0.4, -0.2) is 11.0 Å². The molecule has 2 aromatic carbocycles. The minimum atomic E-state index is -0.344. The van der Waals surface area contributed by atoms with Crippen LogP contribution in [0.4, 0.5) is 5.69 Å². The average Bonchev–Trinajstić information content (AvgIpc) is 3.18. The summed E-state index contributed by atoms with van der Waals surface area (Å²) in [5.41, 5.74) is 3.94. The van der Waals surface area contributed by atoms with E-state index in [-0.39, 0.29) is 11.0 Å². The van der Waals surface area contributed by atoms with Crippen LogP contribution < -0.4 is 10.6 Å². The van der Waals surface area contributed by atoms with Crippen molar-refractivity contribution in [3.05, 3.63) is 82.6 Å². The first-order chi connectivity index (χ1) is 13.9. The lowest BCUT2D eigenvalue weighted by Crippen LogP contribution is -2.32. The van der Waals surface area contributed by atoms with Crippen LogP contribution in [0.15, 0.2) is 65.1 Å². The van der Waals surface area contributed by atoms with Gasteiger partial charge in [0, 0.05) is 22.3 Å². The highest BCUT2D eigenvalue weighted by molar-refractivity contribution is 7.80. The van der Waals surface area contributed by atoms with Crippen molar-refractivity contribution >= 4 is 46.6 Å². The van der Waals surface area contributed by atoms with Crippen LogP contribution in [-0.2, 0) is 11.2 Å². The van der Waals surface area contributed by atoms with E-state index in [2.05, 4.69) is 17.6 Å². The molecule has 3 rings (SSSR count). The summed E-state index contributed by atoms with van der Waals surface area (Å²) in [4.78, 5) is 12.1. The Morgan fingerprint density at radius 2 is 1.90 bits per heavy atom. The first-order valence-corrected chi connectivity index (χ1v) is 9.98. The zero-order valence-corrected chi connectivity index (χ0v) is 17.7. The summed E-state index contributed by atoms with van der Waals surface area (Å²) >= 11 is 11.4. The number of hydrogen-bond donors (Lipinski definition) is 2. The van der Waals surface area contributed by atoms with E-state index in [1.54, 1.807) is 12.1 Å². The third kappa shape index (κ3) is 5.79. The quantitative estimate of drug-likeness (QED) is 0.389. The van der Waals surface area contributed by atoms with Crippen molar-refractivity contribution in [3.63, 3.8) is 0 Å². The molecule has 4 nitrogen and oxygen atoms in total. The maximum absolute atomic E-state index is 12.1. The topological polar surface area (TPSA) is 54.3 Å². The van der Waals surface area contributed by atoms with Crippen LogP contribution in [0.2, 0.25) is 5.02 Å². The summed E-state index contributed by atoms with van der Waals surface area (Å²) in [6.07, 6.45) is 3.93. The van der Waals surface area contributed by atoms with E-state index in [0.717, 1.165) is 23.2 Å². The van der Waals surface area contributed by atoms with Crippen LogP contribution in [0.3, 0.4) is 0 Å². The van der Waals surface area contributed by atoms with Gasteiger partial charge in [-0.1, -0.05) is 42.8 Å². The fraction of sp³-hybridized carbons (Fsp3) is 0.130. The SMILES string of the molecule is CCc1ccc(NC(=S)NC(=O)/C=C/c2ccc(-c3ccc(C)c(Cl)c3)o2)cc1. The second-order valence-corrected chi connectivity index (χ2v) is 7.31. The number of nitrogens with one attached hydrogen (secondary N) is 2. The zero-order valence-electron chi connectivity index (χ0n) is 16.2. The second-order valence-electron chi connectivity index (χ2n) is 6.49. The smallest absolute Gasteiger partial charge is 0.250 e. The largest absolute Gasteiger partial charge is 0.457 e.